The lowest BCUT2D eigenvalue weighted by atomic mass is 9.75. The zero-order valence-electron chi connectivity index (χ0n) is 15.9. The molecule has 1 aromatic rings. The van der Waals surface area contributed by atoms with Gasteiger partial charge in [0.2, 0.25) is 0 Å². The predicted octanol–water partition coefficient (Wildman–Crippen LogP) is 1.78. The van der Waals surface area contributed by atoms with Crippen molar-refractivity contribution in [3.05, 3.63) is 35.9 Å². The highest BCUT2D eigenvalue weighted by Gasteiger charge is 2.48. The molecule has 0 radical (unpaired) electrons. The van der Waals surface area contributed by atoms with Crippen LogP contribution in [0.1, 0.15) is 39.2 Å². The second kappa shape index (κ2) is 7.63. The maximum atomic E-state index is 12.9. The largest absolute Gasteiger partial charge is 0.465 e. The van der Waals surface area contributed by atoms with Crippen LogP contribution in [0.4, 0.5) is 4.79 Å². The van der Waals surface area contributed by atoms with Crippen LogP contribution in [-0.2, 0) is 9.53 Å². The van der Waals surface area contributed by atoms with Crippen molar-refractivity contribution in [2.75, 3.05) is 19.6 Å². The van der Waals surface area contributed by atoms with Gasteiger partial charge in [-0.2, -0.15) is 0 Å². The average molecular weight is 363 g/mol. The molecule has 3 unspecified atom stereocenters. The van der Waals surface area contributed by atoms with Crippen molar-refractivity contribution in [3.63, 3.8) is 0 Å². The van der Waals surface area contributed by atoms with Crippen LogP contribution in [0.3, 0.4) is 0 Å². The Morgan fingerprint density at radius 1 is 1.27 bits per heavy atom. The smallest absolute Gasteiger partial charge is 0.407 e. The molecule has 7 heteroatoms. The van der Waals surface area contributed by atoms with Crippen LogP contribution in [0.25, 0.3) is 0 Å². The first-order valence-corrected chi connectivity index (χ1v) is 8.81. The molecule has 26 heavy (non-hydrogen) atoms. The maximum Gasteiger partial charge on any atom is 0.407 e. The number of rotatable bonds is 4. The van der Waals surface area contributed by atoms with Crippen molar-refractivity contribution in [2.24, 2.45) is 5.73 Å². The van der Waals surface area contributed by atoms with E-state index in [9.17, 15) is 14.7 Å². The van der Waals surface area contributed by atoms with Crippen LogP contribution in [0.5, 0.6) is 0 Å². The number of carboxylic acid groups (broad SMARTS) is 1. The molecule has 0 saturated carbocycles. The van der Waals surface area contributed by atoms with E-state index >= 15 is 0 Å². The summed E-state index contributed by atoms with van der Waals surface area (Å²) in [5.41, 5.74) is 5.24. The minimum absolute atomic E-state index is 0.341. The fourth-order valence-corrected chi connectivity index (χ4v) is 3.40. The molecular formula is C19H29N3O4. The molecule has 0 bridgehead atoms. The lowest BCUT2D eigenvalue weighted by Crippen LogP contribution is -2.64. The molecule has 2 rings (SSSR count). The van der Waals surface area contributed by atoms with Crippen LogP contribution in [-0.4, -0.2) is 58.9 Å². The number of nitrogens with two attached hydrogens (primary N) is 1. The van der Waals surface area contributed by atoms with E-state index in [0.29, 0.717) is 19.6 Å². The van der Waals surface area contributed by atoms with Crippen LogP contribution >= 0.6 is 0 Å². The van der Waals surface area contributed by atoms with Gasteiger partial charge in [0.25, 0.3) is 0 Å². The first kappa shape index (κ1) is 20.2. The van der Waals surface area contributed by atoms with Crippen molar-refractivity contribution < 1.29 is 19.4 Å². The molecule has 1 fully saturated rings. The molecule has 1 aromatic carbocycles. The molecule has 1 amide bonds. The Bertz CT molecular complexity index is 640. The van der Waals surface area contributed by atoms with Crippen LogP contribution in [0.15, 0.2) is 30.3 Å². The zero-order valence-corrected chi connectivity index (χ0v) is 15.9. The minimum atomic E-state index is -1.40. The molecule has 0 spiro atoms. The summed E-state index contributed by atoms with van der Waals surface area (Å²) in [5.74, 6) is -1.10. The summed E-state index contributed by atoms with van der Waals surface area (Å²) >= 11 is 0. The number of benzene rings is 1. The lowest BCUT2D eigenvalue weighted by Gasteiger charge is -2.45. The summed E-state index contributed by atoms with van der Waals surface area (Å²) < 4.78 is 5.54. The molecule has 0 aromatic heterocycles. The summed E-state index contributed by atoms with van der Waals surface area (Å²) in [6.45, 7) is 8.29. The van der Waals surface area contributed by atoms with E-state index in [0.717, 1.165) is 5.56 Å². The number of nitrogens with one attached hydrogen (secondary N) is 1. The highest BCUT2D eigenvalue weighted by molar-refractivity contribution is 5.82. The van der Waals surface area contributed by atoms with Crippen LogP contribution in [0.2, 0.25) is 0 Å². The van der Waals surface area contributed by atoms with Crippen LogP contribution in [0, 0.1) is 0 Å². The molecule has 3 atom stereocenters. The summed E-state index contributed by atoms with van der Waals surface area (Å²) in [7, 11) is 0. The molecule has 1 aliphatic heterocycles. The molecule has 1 heterocycles. The Kier molecular flexibility index (Phi) is 5.93. The van der Waals surface area contributed by atoms with E-state index in [2.05, 4.69) is 5.32 Å². The van der Waals surface area contributed by atoms with Gasteiger partial charge < -0.3 is 25.8 Å². The van der Waals surface area contributed by atoms with Crippen LogP contribution < -0.4 is 11.1 Å². The number of carbonyl (C=O) groups is 2. The van der Waals surface area contributed by atoms with Crippen molar-refractivity contribution in [1.82, 2.24) is 10.2 Å². The first-order chi connectivity index (χ1) is 12.0. The highest BCUT2D eigenvalue weighted by Crippen LogP contribution is 2.35. The summed E-state index contributed by atoms with van der Waals surface area (Å²) in [6.07, 6.45) is -1.02. The van der Waals surface area contributed by atoms with E-state index < -0.39 is 35.2 Å². The number of ether oxygens (including phenoxy) is 1. The minimum Gasteiger partial charge on any atom is -0.465 e. The molecule has 1 saturated heterocycles. The van der Waals surface area contributed by atoms with Gasteiger partial charge in [0.1, 0.15) is 11.1 Å². The van der Waals surface area contributed by atoms with Gasteiger partial charge >= 0.3 is 12.1 Å². The molecule has 144 valence electrons. The van der Waals surface area contributed by atoms with E-state index in [1.807, 2.05) is 30.3 Å². The number of carbonyl (C=O) groups excluding carboxylic acids is 1. The Hall–Kier alpha value is -2.12. The Morgan fingerprint density at radius 2 is 1.88 bits per heavy atom. The van der Waals surface area contributed by atoms with E-state index in [1.54, 1.807) is 27.7 Å². The third-order valence-electron chi connectivity index (χ3n) is 4.56. The summed E-state index contributed by atoms with van der Waals surface area (Å²) in [5, 5.41) is 12.9. The number of nitrogens with zero attached hydrogens (tertiary/aromatic N) is 1. The number of amides is 1. The number of hydrogen-bond donors (Lipinski definition) is 3. The van der Waals surface area contributed by atoms with Crippen molar-refractivity contribution in [2.45, 2.75) is 50.8 Å². The van der Waals surface area contributed by atoms with Gasteiger partial charge in [-0.1, -0.05) is 30.3 Å². The fourth-order valence-electron chi connectivity index (χ4n) is 3.40. The number of piperazine rings is 1. The predicted molar refractivity (Wildman–Crippen MR) is 99.0 cm³/mol. The standard InChI is InChI=1S/C19H29N3O4/c1-18(2,3)26-16(23)19(4,20)15(13-8-6-5-7-9-13)14-12-21-10-11-22(14)17(24)25/h5-9,14-15,21H,10-12,20H2,1-4H3,(H,24,25). The maximum absolute atomic E-state index is 12.9. The SMILES string of the molecule is CC(C)(C)OC(=O)C(C)(N)C(c1ccccc1)C1CNCCN1C(=O)O. The summed E-state index contributed by atoms with van der Waals surface area (Å²) in [4.78, 5) is 26.0. The van der Waals surface area contributed by atoms with E-state index in [-0.39, 0.29) is 0 Å². The van der Waals surface area contributed by atoms with Crippen molar-refractivity contribution >= 4 is 12.1 Å². The fraction of sp³-hybridized carbons (Fsp3) is 0.579. The number of hydrogen-bond acceptors (Lipinski definition) is 5. The Balaban J connectivity index is 2.47. The normalized spacial score (nSPS) is 21.6. The second-order valence-corrected chi connectivity index (χ2v) is 7.92. The van der Waals surface area contributed by atoms with Gasteiger partial charge in [-0.25, -0.2) is 4.79 Å². The third-order valence-corrected chi connectivity index (χ3v) is 4.56. The van der Waals surface area contributed by atoms with Gasteiger partial charge in [-0.05, 0) is 33.3 Å². The Morgan fingerprint density at radius 3 is 2.42 bits per heavy atom. The van der Waals surface area contributed by atoms with Crippen molar-refractivity contribution in [3.8, 4) is 0 Å². The monoisotopic (exact) mass is 363 g/mol. The third kappa shape index (κ3) is 4.53. The number of esters is 1. The molecular weight excluding hydrogens is 334 g/mol. The van der Waals surface area contributed by atoms with Gasteiger partial charge in [0.15, 0.2) is 0 Å². The van der Waals surface area contributed by atoms with Crippen molar-refractivity contribution in [1.29, 1.82) is 0 Å². The zero-order chi connectivity index (χ0) is 19.5. The Labute approximate surface area is 154 Å². The van der Waals surface area contributed by atoms with Gasteiger partial charge in [-0.15, -0.1) is 0 Å². The molecule has 1 aliphatic rings. The van der Waals surface area contributed by atoms with Gasteiger partial charge in [0.05, 0.1) is 6.04 Å². The topological polar surface area (TPSA) is 105 Å². The quantitative estimate of drug-likeness (QED) is 0.704. The van der Waals surface area contributed by atoms with Gasteiger partial charge in [0, 0.05) is 25.6 Å². The van der Waals surface area contributed by atoms with E-state index in [1.165, 1.54) is 4.90 Å². The first-order valence-electron chi connectivity index (χ1n) is 8.81. The summed E-state index contributed by atoms with van der Waals surface area (Å²) in [6, 6.07) is 8.84. The molecule has 4 N–H and O–H groups in total. The molecule has 0 aliphatic carbocycles. The molecule has 7 nitrogen and oxygen atoms in total. The van der Waals surface area contributed by atoms with Gasteiger partial charge in [-0.3, -0.25) is 4.79 Å². The lowest BCUT2D eigenvalue weighted by molar-refractivity contribution is -0.162. The van der Waals surface area contributed by atoms with E-state index in [4.69, 9.17) is 10.5 Å². The second-order valence-electron chi connectivity index (χ2n) is 7.92. The average Bonchev–Trinajstić information content (AvgIpc) is 2.54. The highest BCUT2D eigenvalue weighted by atomic mass is 16.6.